The molecule has 0 saturated heterocycles. The van der Waals surface area contributed by atoms with Gasteiger partial charge in [-0.05, 0) is 76.9 Å². The minimum absolute atomic E-state index is 0.122. The zero-order valence-corrected chi connectivity index (χ0v) is 24.3. The third kappa shape index (κ3) is 3.23. The molecule has 0 amide bonds. The molecule has 42 heavy (non-hydrogen) atoms. The molecule has 9 rings (SSSR count). The van der Waals surface area contributed by atoms with E-state index in [4.69, 9.17) is 0 Å². The molecule has 2 aliphatic rings. The molecule has 0 bridgehead atoms. The van der Waals surface area contributed by atoms with Crippen molar-refractivity contribution >= 4 is 50.6 Å². The first-order valence-electron chi connectivity index (χ1n) is 14.5. The summed E-state index contributed by atoms with van der Waals surface area (Å²) >= 11 is 1.89. The van der Waals surface area contributed by atoms with E-state index in [-0.39, 0.29) is 5.41 Å². The summed E-state index contributed by atoms with van der Waals surface area (Å²) in [6, 6.07) is 49.1. The number of rotatable bonds is 2. The van der Waals surface area contributed by atoms with Crippen LogP contribution in [0.5, 0.6) is 0 Å². The van der Waals surface area contributed by atoms with Gasteiger partial charge >= 0.3 is 0 Å². The SMILES string of the molecule is CC1(C)c2ccccc2N2c3ccccc3Sc3cc(-c4ccc(-n5c6ccccc6c6ccccc65)cc4)cc1c32. The average Bonchev–Trinajstić information content (AvgIpc) is 3.37. The highest BCUT2D eigenvalue weighted by molar-refractivity contribution is 7.99. The first-order chi connectivity index (χ1) is 20.6. The van der Waals surface area contributed by atoms with Crippen molar-refractivity contribution in [2.45, 2.75) is 29.1 Å². The number of hydrogen-bond acceptors (Lipinski definition) is 2. The lowest BCUT2D eigenvalue weighted by molar-refractivity contribution is 0.629. The Hall–Kier alpha value is -4.73. The van der Waals surface area contributed by atoms with E-state index >= 15 is 0 Å². The lowest BCUT2D eigenvalue weighted by Crippen LogP contribution is -2.32. The van der Waals surface area contributed by atoms with Crippen LogP contribution in [0.3, 0.4) is 0 Å². The lowest BCUT2D eigenvalue weighted by Gasteiger charge is -2.45. The van der Waals surface area contributed by atoms with Gasteiger partial charge in [-0.25, -0.2) is 0 Å². The zero-order chi connectivity index (χ0) is 28.0. The van der Waals surface area contributed by atoms with E-state index in [0.717, 1.165) is 0 Å². The Morgan fingerprint density at radius 1 is 0.524 bits per heavy atom. The molecule has 2 nitrogen and oxygen atoms in total. The highest BCUT2D eigenvalue weighted by atomic mass is 32.2. The molecule has 2 aliphatic heterocycles. The highest BCUT2D eigenvalue weighted by Gasteiger charge is 2.41. The quantitative estimate of drug-likeness (QED) is 0.209. The van der Waals surface area contributed by atoms with Crippen molar-refractivity contribution in [3.8, 4) is 16.8 Å². The number of nitrogens with zero attached hydrogens (tertiary/aromatic N) is 2. The van der Waals surface area contributed by atoms with Crippen LogP contribution in [0.2, 0.25) is 0 Å². The molecule has 0 N–H and O–H groups in total. The zero-order valence-electron chi connectivity index (χ0n) is 23.5. The monoisotopic (exact) mass is 556 g/mol. The molecule has 1 aromatic heterocycles. The van der Waals surface area contributed by atoms with Crippen LogP contribution < -0.4 is 4.90 Å². The van der Waals surface area contributed by atoms with Gasteiger partial charge in [0.25, 0.3) is 0 Å². The average molecular weight is 557 g/mol. The van der Waals surface area contributed by atoms with E-state index in [1.165, 1.54) is 76.6 Å². The van der Waals surface area contributed by atoms with Gasteiger partial charge < -0.3 is 9.47 Å². The van der Waals surface area contributed by atoms with Crippen LogP contribution in [0.4, 0.5) is 17.1 Å². The number of hydrogen-bond donors (Lipinski definition) is 0. The number of para-hydroxylation sites is 4. The molecular weight excluding hydrogens is 529 g/mol. The Morgan fingerprint density at radius 2 is 1.14 bits per heavy atom. The van der Waals surface area contributed by atoms with E-state index in [1.54, 1.807) is 0 Å². The number of aromatic nitrogens is 1. The van der Waals surface area contributed by atoms with Crippen molar-refractivity contribution in [3.63, 3.8) is 0 Å². The Labute approximate surface area is 249 Å². The molecule has 3 heteroatoms. The van der Waals surface area contributed by atoms with Gasteiger partial charge in [-0.1, -0.05) is 104 Å². The fraction of sp³-hybridized carbons (Fsp3) is 0.0769. The van der Waals surface area contributed by atoms with E-state index in [9.17, 15) is 0 Å². The normalized spacial score (nSPS) is 14.5. The maximum absolute atomic E-state index is 2.49. The summed E-state index contributed by atoms with van der Waals surface area (Å²) < 4.78 is 2.38. The van der Waals surface area contributed by atoms with Gasteiger partial charge in [0.2, 0.25) is 0 Å². The molecular formula is C39H28N2S. The Morgan fingerprint density at radius 3 is 1.88 bits per heavy atom. The Balaban J connectivity index is 1.22. The van der Waals surface area contributed by atoms with Gasteiger partial charge in [0.05, 0.1) is 28.1 Å². The van der Waals surface area contributed by atoms with Crippen LogP contribution in [0.25, 0.3) is 38.6 Å². The molecule has 200 valence electrons. The van der Waals surface area contributed by atoms with Gasteiger partial charge in [-0.15, -0.1) is 0 Å². The highest BCUT2D eigenvalue weighted by Crippen LogP contribution is 2.60. The molecule has 7 aromatic rings. The van der Waals surface area contributed by atoms with Crippen molar-refractivity contribution in [3.05, 3.63) is 145 Å². The molecule has 0 spiro atoms. The minimum Gasteiger partial charge on any atom is -0.309 e. The molecule has 0 atom stereocenters. The summed E-state index contributed by atoms with van der Waals surface area (Å²) in [5.74, 6) is 0. The second kappa shape index (κ2) is 8.64. The predicted molar refractivity (Wildman–Crippen MR) is 177 cm³/mol. The second-order valence-electron chi connectivity index (χ2n) is 11.8. The van der Waals surface area contributed by atoms with Crippen molar-refractivity contribution in [2.24, 2.45) is 0 Å². The lowest BCUT2D eigenvalue weighted by atomic mass is 9.72. The maximum atomic E-state index is 2.49. The van der Waals surface area contributed by atoms with Crippen LogP contribution >= 0.6 is 11.8 Å². The van der Waals surface area contributed by atoms with Crippen molar-refractivity contribution in [1.29, 1.82) is 0 Å². The van der Waals surface area contributed by atoms with Gasteiger partial charge in [0, 0.05) is 31.7 Å². The molecule has 0 saturated carbocycles. The molecule has 0 aliphatic carbocycles. The smallest absolute Gasteiger partial charge is 0.0643 e. The molecule has 0 radical (unpaired) electrons. The van der Waals surface area contributed by atoms with E-state index < -0.39 is 0 Å². The first kappa shape index (κ1) is 23.9. The van der Waals surface area contributed by atoms with Crippen LogP contribution in [0.15, 0.2) is 143 Å². The Kier molecular flexibility index (Phi) is 4.92. The molecule has 6 aromatic carbocycles. The molecule has 0 fully saturated rings. The van der Waals surface area contributed by atoms with E-state index in [2.05, 4.69) is 157 Å². The predicted octanol–water partition coefficient (Wildman–Crippen LogP) is 11.0. The third-order valence-electron chi connectivity index (χ3n) is 9.16. The number of anilines is 3. The minimum atomic E-state index is -0.122. The maximum Gasteiger partial charge on any atom is 0.0643 e. The fourth-order valence-electron chi connectivity index (χ4n) is 7.12. The van der Waals surface area contributed by atoms with E-state index in [1.807, 2.05) is 11.8 Å². The molecule has 0 unspecified atom stereocenters. The standard InChI is InChI=1S/C39H28N2S/c1-39(2)30-13-5-8-16-34(30)41-35-17-9-10-18-36(35)42-37-24-26(23-31(39)38(37)41)25-19-21-27(22-20-25)40-32-14-6-3-11-28(32)29-12-4-7-15-33(29)40/h3-24H,1-2H3. The van der Waals surface area contributed by atoms with E-state index in [0.29, 0.717) is 0 Å². The summed E-state index contributed by atoms with van der Waals surface area (Å²) in [6.45, 7) is 4.75. The van der Waals surface area contributed by atoms with Crippen LogP contribution in [-0.2, 0) is 5.41 Å². The van der Waals surface area contributed by atoms with Crippen LogP contribution in [0, 0.1) is 0 Å². The largest absolute Gasteiger partial charge is 0.309 e. The third-order valence-corrected chi connectivity index (χ3v) is 10.3. The summed E-state index contributed by atoms with van der Waals surface area (Å²) in [7, 11) is 0. The summed E-state index contributed by atoms with van der Waals surface area (Å²) in [4.78, 5) is 5.10. The van der Waals surface area contributed by atoms with Gasteiger partial charge in [0.15, 0.2) is 0 Å². The summed E-state index contributed by atoms with van der Waals surface area (Å²) in [5.41, 5.74) is 12.6. The Bertz CT molecular complexity index is 2150. The van der Waals surface area contributed by atoms with Crippen LogP contribution in [0.1, 0.15) is 25.0 Å². The van der Waals surface area contributed by atoms with Crippen LogP contribution in [-0.4, -0.2) is 4.57 Å². The van der Waals surface area contributed by atoms with Crippen molar-refractivity contribution in [2.75, 3.05) is 4.90 Å². The van der Waals surface area contributed by atoms with Gasteiger partial charge in [-0.3, -0.25) is 0 Å². The second-order valence-corrected chi connectivity index (χ2v) is 12.9. The number of fused-ring (bicyclic) bond motifs is 7. The summed E-state index contributed by atoms with van der Waals surface area (Å²) in [5, 5.41) is 2.57. The van der Waals surface area contributed by atoms with Crippen molar-refractivity contribution in [1.82, 2.24) is 4.57 Å². The first-order valence-corrected chi connectivity index (χ1v) is 15.4. The molecule has 3 heterocycles. The topological polar surface area (TPSA) is 8.17 Å². The van der Waals surface area contributed by atoms with Gasteiger partial charge in [-0.2, -0.15) is 0 Å². The number of benzene rings is 6. The summed E-state index contributed by atoms with van der Waals surface area (Å²) in [6.07, 6.45) is 0. The fourth-order valence-corrected chi connectivity index (χ4v) is 8.25. The van der Waals surface area contributed by atoms with Gasteiger partial charge in [0.1, 0.15) is 0 Å². The van der Waals surface area contributed by atoms with Crippen molar-refractivity contribution < 1.29 is 0 Å².